The second-order valence-corrected chi connectivity index (χ2v) is 8.92. The third-order valence-corrected chi connectivity index (χ3v) is 6.81. The van der Waals surface area contributed by atoms with Crippen molar-refractivity contribution in [1.29, 1.82) is 0 Å². The molecule has 3 aromatic rings. The number of fused-ring (bicyclic) bond motifs is 3. The van der Waals surface area contributed by atoms with Gasteiger partial charge in [-0.2, -0.15) is 5.10 Å². The van der Waals surface area contributed by atoms with Crippen LogP contribution in [0.4, 0.5) is 5.82 Å². The Morgan fingerprint density at radius 3 is 2.61 bits per heavy atom. The van der Waals surface area contributed by atoms with Gasteiger partial charge in [0.2, 0.25) is 5.91 Å². The standard InChI is InChI=1S/C23H24N6O2/c1-28-12-15(11-24-28)13-2-5-19(21(30)7-13)20-6-14-8-22(31)29(23(14)27-26-20)18-9-16-3-4-17(10-18)25-16/h2,5-7,11-12,16-18,25,30H,3-4,8-10H2,1H3/t16-,17+,18-. The van der Waals surface area contributed by atoms with E-state index < -0.39 is 0 Å². The van der Waals surface area contributed by atoms with E-state index in [0.29, 0.717) is 35.6 Å². The van der Waals surface area contributed by atoms with E-state index in [9.17, 15) is 9.90 Å². The molecule has 6 rings (SSSR count). The summed E-state index contributed by atoms with van der Waals surface area (Å²) in [6.07, 6.45) is 8.33. The van der Waals surface area contributed by atoms with E-state index in [-0.39, 0.29) is 17.7 Å². The maximum atomic E-state index is 12.9. The van der Waals surface area contributed by atoms with Crippen LogP contribution in [0.25, 0.3) is 22.4 Å². The van der Waals surface area contributed by atoms with Crippen LogP contribution in [-0.4, -0.2) is 49.1 Å². The molecule has 0 unspecified atom stereocenters. The van der Waals surface area contributed by atoms with E-state index in [1.807, 2.05) is 36.3 Å². The lowest BCUT2D eigenvalue weighted by Gasteiger charge is -2.35. The molecule has 2 bridgehead atoms. The predicted octanol–water partition coefficient (Wildman–Crippen LogP) is 2.42. The molecule has 2 N–H and O–H groups in total. The number of phenolic OH excluding ortho intramolecular Hbond substituents is 1. The minimum absolute atomic E-state index is 0.101. The van der Waals surface area contributed by atoms with Gasteiger partial charge < -0.3 is 10.4 Å². The highest BCUT2D eigenvalue weighted by atomic mass is 16.3. The summed E-state index contributed by atoms with van der Waals surface area (Å²) < 4.78 is 1.73. The summed E-state index contributed by atoms with van der Waals surface area (Å²) in [5.41, 5.74) is 3.88. The van der Waals surface area contributed by atoms with Crippen molar-refractivity contribution in [3.05, 3.63) is 42.2 Å². The van der Waals surface area contributed by atoms with Crippen molar-refractivity contribution in [2.75, 3.05) is 4.90 Å². The van der Waals surface area contributed by atoms with Gasteiger partial charge in [0.15, 0.2) is 5.82 Å². The van der Waals surface area contributed by atoms with Crippen LogP contribution in [0.5, 0.6) is 5.75 Å². The molecule has 2 aromatic heterocycles. The van der Waals surface area contributed by atoms with E-state index in [4.69, 9.17) is 0 Å². The molecule has 8 heteroatoms. The van der Waals surface area contributed by atoms with Crippen molar-refractivity contribution in [3.8, 4) is 28.1 Å². The van der Waals surface area contributed by atoms with Crippen LogP contribution in [0.3, 0.4) is 0 Å². The van der Waals surface area contributed by atoms with Crippen molar-refractivity contribution >= 4 is 11.7 Å². The van der Waals surface area contributed by atoms with Crippen molar-refractivity contribution in [3.63, 3.8) is 0 Å². The van der Waals surface area contributed by atoms with Crippen LogP contribution in [-0.2, 0) is 18.3 Å². The summed E-state index contributed by atoms with van der Waals surface area (Å²) in [6.45, 7) is 0. The number of piperidine rings is 1. The fourth-order valence-corrected chi connectivity index (χ4v) is 5.37. The van der Waals surface area contributed by atoms with Crippen molar-refractivity contribution in [1.82, 2.24) is 25.3 Å². The molecular formula is C23H24N6O2. The summed E-state index contributed by atoms with van der Waals surface area (Å²) in [4.78, 5) is 14.7. The zero-order valence-electron chi connectivity index (χ0n) is 17.3. The van der Waals surface area contributed by atoms with Crippen molar-refractivity contribution < 1.29 is 9.90 Å². The quantitative estimate of drug-likeness (QED) is 0.681. The number of aromatic nitrogens is 4. The maximum Gasteiger partial charge on any atom is 0.233 e. The molecule has 31 heavy (non-hydrogen) atoms. The lowest BCUT2D eigenvalue weighted by Crippen LogP contribution is -2.49. The van der Waals surface area contributed by atoms with Gasteiger partial charge in [-0.1, -0.05) is 6.07 Å². The Labute approximate surface area is 179 Å². The topological polar surface area (TPSA) is 96.2 Å². The molecule has 2 fully saturated rings. The number of anilines is 1. The molecule has 158 valence electrons. The molecule has 0 saturated carbocycles. The third kappa shape index (κ3) is 3.09. The highest BCUT2D eigenvalue weighted by Gasteiger charge is 2.42. The second kappa shape index (κ2) is 6.88. The first-order valence-electron chi connectivity index (χ1n) is 10.8. The van der Waals surface area contributed by atoms with E-state index >= 15 is 0 Å². The molecule has 3 aliphatic heterocycles. The van der Waals surface area contributed by atoms with Crippen LogP contribution in [0.2, 0.25) is 0 Å². The Hall–Kier alpha value is -3.26. The van der Waals surface area contributed by atoms with Gasteiger partial charge in [-0.15, -0.1) is 10.2 Å². The summed E-state index contributed by atoms with van der Waals surface area (Å²) in [6, 6.07) is 8.58. The van der Waals surface area contributed by atoms with Gasteiger partial charge >= 0.3 is 0 Å². The zero-order chi connectivity index (χ0) is 21.1. The number of carbonyl (C=O) groups is 1. The number of phenols is 1. The van der Waals surface area contributed by atoms with Crippen LogP contribution >= 0.6 is 0 Å². The molecule has 8 nitrogen and oxygen atoms in total. The predicted molar refractivity (Wildman–Crippen MR) is 115 cm³/mol. The third-order valence-electron chi connectivity index (χ3n) is 6.81. The summed E-state index contributed by atoms with van der Waals surface area (Å²) in [5, 5.41) is 27.3. The average molecular weight is 416 g/mol. The molecule has 3 atom stereocenters. The molecule has 1 aromatic carbocycles. The monoisotopic (exact) mass is 416 g/mol. The molecule has 5 heterocycles. The Bertz CT molecular complexity index is 1180. The highest BCUT2D eigenvalue weighted by Crippen LogP contribution is 2.38. The number of benzene rings is 1. The van der Waals surface area contributed by atoms with Crippen molar-refractivity contribution in [2.45, 2.75) is 50.2 Å². The van der Waals surface area contributed by atoms with E-state index in [1.54, 1.807) is 16.9 Å². The number of rotatable bonds is 3. The average Bonchev–Trinajstić information content (AvgIpc) is 3.43. The number of carbonyl (C=O) groups excluding carboxylic acids is 1. The normalized spacial score (nSPS) is 24.6. The number of nitrogens with zero attached hydrogens (tertiary/aromatic N) is 5. The summed E-state index contributed by atoms with van der Waals surface area (Å²) in [5.74, 6) is 0.919. The number of nitrogens with one attached hydrogen (secondary N) is 1. The lowest BCUT2D eigenvalue weighted by atomic mass is 9.98. The number of aryl methyl sites for hydroxylation is 1. The number of aromatic hydroxyl groups is 1. The summed E-state index contributed by atoms with van der Waals surface area (Å²) in [7, 11) is 1.86. The molecule has 0 aliphatic carbocycles. The number of hydrogen-bond acceptors (Lipinski definition) is 6. The number of hydrogen-bond donors (Lipinski definition) is 2. The fourth-order valence-electron chi connectivity index (χ4n) is 5.37. The SMILES string of the molecule is Cn1cc(-c2ccc(-c3cc4c(nn3)N([C@@H]3C[C@H]5CC[C@@H](C3)N5)C(=O)C4)c(O)c2)cn1. The maximum absolute atomic E-state index is 12.9. The second-order valence-electron chi connectivity index (χ2n) is 8.92. The van der Waals surface area contributed by atoms with Crippen molar-refractivity contribution in [2.24, 2.45) is 7.05 Å². The number of amides is 1. The Kier molecular flexibility index (Phi) is 4.11. The summed E-state index contributed by atoms with van der Waals surface area (Å²) >= 11 is 0. The van der Waals surface area contributed by atoms with Crippen LogP contribution in [0.1, 0.15) is 31.2 Å². The molecule has 1 amide bonds. The first kappa shape index (κ1) is 18.5. The van der Waals surface area contributed by atoms with Crippen LogP contribution in [0.15, 0.2) is 36.7 Å². The molecule has 2 saturated heterocycles. The van der Waals surface area contributed by atoms with Crippen LogP contribution < -0.4 is 10.2 Å². The van der Waals surface area contributed by atoms with Gasteiger partial charge in [-0.25, -0.2) is 0 Å². The van der Waals surface area contributed by atoms with E-state index in [2.05, 4.69) is 20.6 Å². The van der Waals surface area contributed by atoms with Gasteiger partial charge in [0.25, 0.3) is 0 Å². The first-order valence-corrected chi connectivity index (χ1v) is 10.8. The largest absolute Gasteiger partial charge is 0.507 e. The Morgan fingerprint density at radius 1 is 1.10 bits per heavy atom. The van der Waals surface area contributed by atoms with E-state index in [0.717, 1.165) is 29.5 Å². The Balaban J connectivity index is 1.30. The van der Waals surface area contributed by atoms with Gasteiger partial charge in [0.1, 0.15) is 5.75 Å². The minimum atomic E-state index is 0.101. The van der Waals surface area contributed by atoms with Crippen LogP contribution in [0, 0.1) is 0 Å². The molecular weight excluding hydrogens is 392 g/mol. The van der Waals surface area contributed by atoms with Gasteiger partial charge in [0, 0.05) is 48.1 Å². The minimum Gasteiger partial charge on any atom is -0.507 e. The highest BCUT2D eigenvalue weighted by molar-refractivity contribution is 6.01. The molecule has 3 aliphatic rings. The smallest absolute Gasteiger partial charge is 0.233 e. The van der Waals surface area contributed by atoms with Gasteiger partial charge in [0.05, 0.1) is 18.3 Å². The van der Waals surface area contributed by atoms with Gasteiger partial charge in [-0.3, -0.25) is 14.4 Å². The Morgan fingerprint density at radius 2 is 1.90 bits per heavy atom. The lowest BCUT2D eigenvalue weighted by molar-refractivity contribution is -0.118. The van der Waals surface area contributed by atoms with Gasteiger partial charge in [-0.05, 0) is 49.4 Å². The zero-order valence-corrected chi connectivity index (χ0v) is 17.3. The first-order chi connectivity index (χ1) is 15.0. The van der Waals surface area contributed by atoms with E-state index in [1.165, 1.54) is 12.8 Å². The molecule has 0 radical (unpaired) electrons. The molecule has 0 spiro atoms. The fraction of sp³-hybridized carbons (Fsp3) is 0.391.